The van der Waals surface area contributed by atoms with Gasteiger partial charge < -0.3 is 35.8 Å². The Morgan fingerprint density at radius 2 is 1.93 bits per heavy atom. The fourth-order valence-corrected chi connectivity index (χ4v) is 3.33. The van der Waals surface area contributed by atoms with E-state index in [2.05, 4.69) is 5.32 Å². The summed E-state index contributed by atoms with van der Waals surface area (Å²) < 4.78 is 10.9. The Kier molecular flexibility index (Phi) is 9.82. The van der Waals surface area contributed by atoms with Gasteiger partial charge in [-0.05, 0) is 18.9 Å². The Hall–Kier alpha value is -1.72. The van der Waals surface area contributed by atoms with E-state index in [0.717, 1.165) is 32.1 Å². The van der Waals surface area contributed by atoms with Gasteiger partial charge in [-0.25, -0.2) is 4.79 Å². The highest BCUT2D eigenvalue weighted by atomic mass is 16.6. The molecule has 5 atom stereocenters. The lowest BCUT2D eigenvalue weighted by Crippen LogP contribution is -2.59. The average Bonchev–Trinajstić information content (AvgIpc) is 2.68. The van der Waals surface area contributed by atoms with E-state index in [1.165, 1.54) is 11.1 Å². The van der Waals surface area contributed by atoms with Crippen molar-refractivity contribution in [2.24, 2.45) is 5.73 Å². The van der Waals surface area contributed by atoms with Crippen molar-refractivity contribution >= 4 is 12.0 Å². The molecule has 0 aromatic rings. The molecule has 2 aliphatic heterocycles. The van der Waals surface area contributed by atoms with Gasteiger partial charge >= 0.3 is 12.0 Å². The number of hydrogen-bond donors (Lipinski definition) is 5. The third kappa shape index (κ3) is 7.56. The average molecular weight is 415 g/mol. The maximum Gasteiger partial charge on any atom is 0.325 e. The monoisotopic (exact) mass is 415 g/mol. The first kappa shape index (κ1) is 23.6. The molecule has 1 fully saturated rings. The number of nitrogens with two attached hydrogens (primary N) is 1. The van der Waals surface area contributed by atoms with Gasteiger partial charge in [-0.2, -0.15) is 0 Å². The van der Waals surface area contributed by atoms with E-state index in [0.29, 0.717) is 6.42 Å². The molecule has 2 aliphatic rings. The number of rotatable bonds is 11. The molecule has 0 bridgehead atoms. The first-order valence-electron chi connectivity index (χ1n) is 10.2. The van der Waals surface area contributed by atoms with Crippen molar-refractivity contribution in [1.29, 1.82) is 0 Å². The van der Waals surface area contributed by atoms with Crippen LogP contribution in [0.5, 0.6) is 0 Å². The van der Waals surface area contributed by atoms with Crippen molar-refractivity contribution in [1.82, 2.24) is 10.2 Å². The quantitative estimate of drug-likeness (QED) is 0.232. The van der Waals surface area contributed by atoms with Crippen LogP contribution in [-0.4, -0.2) is 76.1 Å². The summed E-state index contributed by atoms with van der Waals surface area (Å²) in [6, 6.07) is -0.469. The summed E-state index contributed by atoms with van der Waals surface area (Å²) in [7, 11) is 0. The fraction of sp³-hybridized carbons (Fsp3) is 0.789. The molecule has 0 saturated carbocycles. The number of ether oxygens (including phenoxy) is 2. The molecule has 0 radical (unpaired) electrons. The molecule has 0 aliphatic carbocycles. The van der Waals surface area contributed by atoms with Crippen LogP contribution in [0.1, 0.15) is 51.4 Å². The molecular weight excluding hydrogens is 382 g/mol. The van der Waals surface area contributed by atoms with Crippen LogP contribution in [0, 0.1) is 0 Å². The van der Waals surface area contributed by atoms with Crippen molar-refractivity contribution in [3.63, 3.8) is 0 Å². The Balaban J connectivity index is 1.73. The minimum absolute atomic E-state index is 0.0227. The molecule has 0 aromatic carbocycles. The standard InChI is InChI=1S/C19H33N3O7/c20-15-8-9-22(19(27)21-15)16-11-13(24)18(26)14(29-16)12-28-17(25)7-5-3-1-2-4-6-10-23/h8-9,13-16,18,23-24,26H,1-7,10-12,20H2,(H,21,27). The predicted octanol–water partition coefficient (Wildman–Crippen LogP) is -0.0869. The van der Waals surface area contributed by atoms with Crippen LogP contribution < -0.4 is 11.1 Å². The van der Waals surface area contributed by atoms with E-state index in [9.17, 15) is 19.8 Å². The summed E-state index contributed by atoms with van der Waals surface area (Å²) in [5.74, 6) is -0.394. The maximum atomic E-state index is 12.1. The molecule has 0 aromatic heterocycles. The first-order chi connectivity index (χ1) is 13.9. The molecule has 5 unspecified atom stereocenters. The summed E-state index contributed by atoms with van der Waals surface area (Å²) >= 11 is 0. The number of unbranched alkanes of at least 4 members (excludes halogenated alkanes) is 5. The largest absolute Gasteiger partial charge is 0.463 e. The van der Waals surface area contributed by atoms with Crippen LogP contribution in [0.3, 0.4) is 0 Å². The topological polar surface area (TPSA) is 155 Å². The van der Waals surface area contributed by atoms with Gasteiger partial charge in [0.1, 0.15) is 25.0 Å². The number of nitrogens with zero attached hydrogens (tertiary/aromatic N) is 1. The summed E-state index contributed by atoms with van der Waals surface area (Å²) in [6.07, 6.45) is 4.09. The molecule has 10 nitrogen and oxygen atoms in total. The SMILES string of the molecule is NC1C=CN(C2CC(O)C(O)C(COC(=O)CCCCCCCCO)O2)C(=O)N1. The molecule has 2 rings (SSSR count). The Labute approximate surface area is 170 Å². The number of aliphatic hydroxyl groups excluding tert-OH is 3. The van der Waals surface area contributed by atoms with Crippen LogP contribution in [-0.2, 0) is 14.3 Å². The van der Waals surface area contributed by atoms with Gasteiger partial charge in [0.2, 0.25) is 0 Å². The smallest absolute Gasteiger partial charge is 0.325 e. The molecular formula is C19H33N3O7. The van der Waals surface area contributed by atoms with Crippen LogP contribution in [0.15, 0.2) is 12.3 Å². The number of urea groups is 1. The molecule has 29 heavy (non-hydrogen) atoms. The Bertz CT molecular complexity index is 560. The number of esters is 1. The minimum Gasteiger partial charge on any atom is -0.463 e. The molecule has 1 saturated heterocycles. The highest BCUT2D eigenvalue weighted by Crippen LogP contribution is 2.24. The molecule has 6 N–H and O–H groups in total. The number of carbonyl (C=O) groups excluding carboxylic acids is 2. The lowest BCUT2D eigenvalue weighted by Gasteiger charge is -2.41. The minimum atomic E-state index is -1.22. The number of nitrogens with one attached hydrogen (secondary N) is 1. The van der Waals surface area contributed by atoms with Crippen molar-refractivity contribution in [2.75, 3.05) is 13.2 Å². The zero-order valence-electron chi connectivity index (χ0n) is 16.6. The van der Waals surface area contributed by atoms with Gasteiger partial charge in [-0.15, -0.1) is 0 Å². The van der Waals surface area contributed by atoms with Crippen molar-refractivity contribution in [2.45, 2.75) is 82.1 Å². The second kappa shape index (κ2) is 12.1. The Morgan fingerprint density at radius 3 is 2.62 bits per heavy atom. The first-order valence-corrected chi connectivity index (χ1v) is 10.2. The molecule has 10 heteroatoms. The van der Waals surface area contributed by atoms with Gasteiger partial charge in [0.15, 0.2) is 0 Å². The van der Waals surface area contributed by atoms with Crippen LogP contribution in [0.25, 0.3) is 0 Å². The summed E-state index contributed by atoms with van der Waals surface area (Å²) in [5.41, 5.74) is 5.61. The number of hydrogen-bond acceptors (Lipinski definition) is 8. The van der Waals surface area contributed by atoms with Crippen molar-refractivity contribution in [3.05, 3.63) is 12.3 Å². The van der Waals surface area contributed by atoms with Gasteiger partial charge in [0.05, 0.1) is 12.3 Å². The summed E-state index contributed by atoms with van der Waals surface area (Å²) in [4.78, 5) is 25.2. The third-order valence-electron chi connectivity index (χ3n) is 5.04. The van der Waals surface area contributed by atoms with Crippen molar-refractivity contribution < 1.29 is 34.4 Å². The molecule has 2 heterocycles. The molecule has 166 valence electrons. The van der Waals surface area contributed by atoms with Crippen molar-refractivity contribution in [3.8, 4) is 0 Å². The highest BCUT2D eigenvalue weighted by molar-refractivity contribution is 5.77. The Morgan fingerprint density at radius 1 is 1.24 bits per heavy atom. The lowest BCUT2D eigenvalue weighted by molar-refractivity contribution is -0.209. The second-order valence-electron chi connectivity index (χ2n) is 7.42. The van der Waals surface area contributed by atoms with E-state index in [4.69, 9.17) is 20.3 Å². The van der Waals surface area contributed by atoms with Crippen LogP contribution >= 0.6 is 0 Å². The van der Waals surface area contributed by atoms with Gasteiger partial charge in [0.25, 0.3) is 0 Å². The normalized spacial score (nSPS) is 29.6. The lowest BCUT2D eigenvalue weighted by atomic mass is 10.0. The van der Waals surface area contributed by atoms with E-state index >= 15 is 0 Å². The zero-order valence-corrected chi connectivity index (χ0v) is 16.6. The van der Waals surface area contributed by atoms with E-state index in [1.54, 1.807) is 6.08 Å². The van der Waals surface area contributed by atoms with Gasteiger partial charge in [0, 0.05) is 25.6 Å². The molecule has 0 spiro atoms. The third-order valence-corrected chi connectivity index (χ3v) is 5.04. The number of aliphatic hydroxyl groups is 3. The van der Waals surface area contributed by atoms with Gasteiger partial charge in [-0.1, -0.05) is 25.7 Å². The fourth-order valence-electron chi connectivity index (χ4n) is 3.33. The number of amides is 2. The van der Waals surface area contributed by atoms with E-state index in [1.807, 2.05) is 0 Å². The molecule has 2 amide bonds. The van der Waals surface area contributed by atoms with E-state index in [-0.39, 0.29) is 26.1 Å². The number of carbonyl (C=O) groups is 2. The maximum absolute atomic E-state index is 12.1. The predicted molar refractivity (Wildman–Crippen MR) is 103 cm³/mol. The summed E-state index contributed by atoms with van der Waals surface area (Å²) in [5, 5.41) is 31.5. The second-order valence-corrected chi connectivity index (χ2v) is 7.42. The summed E-state index contributed by atoms with van der Waals surface area (Å²) in [6.45, 7) is 0.00593. The van der Waals surface area contributed by atoms with Crippen LogP contribution in [0.4, 0.5) is 4.79 Å². The highest BCUT2D eigenvalue weighted by Gasteiger charge is 2.41. The van der Waals surface area contributed by atoms with Crippen LogP contribution in [0.2, 0.25) is 0 Å². The van der Waals surface area contributed by atoms with Gasteiger partial charge in [-0.3, -0.25) is 9.69 Å². The van der Waals surface area contributed by atoms with E-state index < -0.39 is 42.7 Å². The zero-order chi connectivity index (χ0) is 21.2.